The molecule has 0 bridgehead atoms. The third-order valence-corrected chi connectivity index (χ3v) is 3.78. The molecule has 1 aromatic rings. The second-order valence-electron chi connectivity index (χ2n) is 7.95. The van der Waals surface area contributed by atoms with Crippen LogP contribution in [0.25, 0.3) is 0 Å². The SMILES string of the molecule is C=C(C)CC(c1ccc(C(C)(C)C)cc1)C(C)(C)C. The molecule has 0 nitrogen and oxygen atoms in total. The minimum absolute atomic E-state index is 0.226. The maximum atomic E-state index is 4.09. The van der Waals surface area contributed by atoms with Crippen LogP contribution in [0.4, 0.5) is 0 Å². The molecule has 0 aliphatic heterocycles. The maximum Gasteiger partial charge on any atom is -0.00762 e. The van der Waals surface area contributed by atoms with Gasteiger partial charge in [0.1, 0.15) is 0 Å². The lowest BCUT2D eigenvalue weighted by molar-refractivity contribution is 0.317. The summed E-state index contributed by atoms with van der Waals surface area (Å²) in [6.45, 7) is 20.0. The summed E-state index contributed by atoms with van der Waals surface area (Å²) in [5.41, 5.74) is 4.59. The van der Waals surface area contributed by atoms with E-state index in [1.54, 1.807) is 0 Å². The van der Waals surface area contributed by atoms with Gasteiger partial charge in [0, 0.05) is 0 Å². The largest absolute Gasteiger partial charge is 0.100 e. The highest BCUT2D eigenvalue weighted by molar-refractivity contribution is 5.31. The van der Waals surface area contributed by atoms with Gasteiger partial charge < -0.3 is 0 Å². The van der Waals surface area contributed by atoms with Crippen molar-refractivity contribution in [1.29, 1.82) is 0 Å². The molecule has 106 valence electrons. The van der Waals surface area contributed by atoms with Gasteiger partial charge in [0.05, 0.1) is 0 Å². The average molecular weight is 258 g/mol. The van der Waals surface area contributed by atoms with Gasteiger partial charge in [-0.1, -0.05) is 71.4 Å². The Kier molecular flexibility index (Phi) is 4.66. The van der Waals surface area contributed by atoms with E-state index < -0.39 is 0 Å². The third kappa shape index (κ3) is 4.53. The number of benzene rings is 1. The van der Waals surface area contributed by atoms with Crippen molar-refractivity contribution in [2.24, 2.45) is 5.41 Å². The molecule has 1 atom stereocenters. The van der Waals surface area contributed by atoms with Gasteiger partial charge >= 0.3 is 0 Å². The van der Waals surface area contributed by atoms with Gasteiger partial charge in [0.15, 0.2) is 0 Å². The molecule has 0 radical (unpaired) electrons. The van der Waals surface area contributed by atoms with E-state index in [9.17, 15) is 0 Å². The Labute approximate surface area is 119 Å². The Morgan fingerprint density at radius 3 is 1.79 bits per heavy atom. The Morgan fingerprint density at radius 2 is 1.47 bits per heavy atom. The predicted molar refractivity (Wildman–Crippen MR) is 86.8 cm³/mol. The molecular formula is C19H30. The predicted octanol–water partition coefficient (Wildman–Crippen LogP) is 6.08. The fourth-order valence-electron chi connectivity index (χ4n) is 2.49. The number of hydrogen-bond donors (Lipinski definition) is 0. The first-order valence-corrected chi connectivity index (χ1v) is 7.26. The standard InChI is InChI=1S/C19H30/c1-14(2)13-17(19(6,7)8)15-9-11-16(12-10-15)18(3,4)5/h9-12,17H,1,13H2,2-8H3. The highest BCUT2D eigenvalue weighted by Gasteiger charge is 2.26. The average Bonchev–Trinajstić information content (AvgIpc) is 2.23. The summed E-state index contributed by atoms with van der Waals surface area (Å²) in [6.07, 6.45) is 1.07. The Morgan fingerprint density at radius 1 is 1.00 bits per heavy atom. The van der Waals surface area contributed by atoms with Crippen LogP contribution in [0.2, 0.25) is 0 Å². The Hall–Kier alpha value is -1.04. The molecule has 1 aromatic carbocycles. The summed E-state index contributed by atoms with van der Waals surface area (Å²) in [6, 6.07) is 9.18. The molecular weight excluding hydrogens is 228 g/mol. The second kappa shape index (κ2) is 5.53. The summed E-state index contributed by atoms with van der Waals surface area (Å²) < 4.78 is 0. The van der Waals surface area contributed by atoms with Crippen molar-refractivity contribution in [3.8, 4) is 0 Å². The van der Waals surface area contributed by atoms with Crippen LogP contribution >= 0.6 is 0 Å². The fraction of sp³-hybridized carbons (Fsp3) is 0.579. The van der Waals surface area contributed by atoms with E-state index in [0.717, 1.165) is 6.42 Å². The minimum Gasteiger partial charge on any atom is -0.100 e. The second-order valence-corrected chi connectivity index (χ2v) is 7.95. The zero-order chi connectivity index (χ0) is 14.8. The maximum absolute atomic E-state index is 4.09. The summed E-state index contributed by atoms with van der Waals surface area (Å²) in [5, 5.41) is 0. The molecule has 1 unspecified atom stereocenters. The van der Waals surface area contributed by atoms with Crippen LogP contribution in [0.5, 0.6) is 0 Å². The third-order valence-electron chi connectivity index (χ3n) is 3.78. The van der Waals surface area contributed by atoms with Gasteiger partial charge in [-0.2, -0.15) is 0 Å². The van der Waals surface area contributed by atoms with Crippen molar-refractivity contribution in [2.45, 2.75) is 66.2 Å². The first-order chi connectivity index (χ1) is 8.51. The highest BCUT2D eigenvalue weighted by atomic mass is 14.3. The Balaban J connectivity index is 3.08. The lowest BCUT2D eigenvalue weighted by Gasteiger charge is -2.32. The first-order valence-electron chi connectivity index (χ1n) is 7.26. The highest BCUT2D eigenvalue weighted by Crippen LogP contribution is 2.39. The van der Waals surface area contributed by atoms with E-state index in [2.05, 4.69) is 79.3 Å². The van der Waals surface area contributed by atoms with Gasteiger partial charge in [0.25, 0.3) is 0 Å². The smallest absolute Gasteiger partial charge is 0.00762 e. The molecule has 0 heteroatoms. The number of rotatable bonds is 3. The normalized spacial score (nSPS) is 14.3. The molecule has 0 saturated carbocycles. The lowest BCUT2D eigenvalue weighted by atomic mass is 9.73. The van der Waals surface area contributed by atoms with E-state index in [0.29, 0.717) is 5.92 Å². The topological polar surface area (TPSA) is 0 Å². The minimum atomic E-state index is 0.226. The molecule has 0 aliphatic carbocycles. The lowest BCUT2D eigenvalue weighted by Crippen LogP contribution is -2.19. The molecule has 0 aromatic heterocycles. The monoisotopic (exact) mass is 258 g/mol. The molecule has 0 saturated heterocycles. The van der Waals surface area contributed by atoms with Crippen LogP contribution in [-0.4, -0.2) is 0 Å². The molecule has 19 heavy (non-hydrogen) atoms. The van der Waals surface area contributed by atoms with Gasteiger partial charge in [-0.05, 0) is 41.2 Å². The van der Waals surface area contributed by atoms with Crippen molar-refractivity contribution in [3.05, 3.63) is 47.5 Å². The first kappa shape index (κ1) is 16.0. The van der Waals surface area contributed by atoms with Gasteiger partial charge in [-0.25, -0.2) is 0 Å². The molecule has 0 N–H and O–H groups in total. The van der Waals surface area contributed by atoms with Crippen molar-refractivity contribution in [2.75, 3.05) is 0 Å². The molecule has 1 rings (SSSR count). The van der Waals surface area contributed by atoms with Crippen LogP contribution in [-0.2, 0) is 5.41 Å². The van der Waals surface area contributed by atoms with Crippen LogP contribution in [0.15, 0.2) is 36.4 Å². The van der Waals surface area contributed by atoms with Crippen molar-refractivity contribution >= 4 is 0 Å². The van der Waals surface area contributed by atoms with Gasteiger partial charge in [0.2, 0.25) is 0 Å². The molecule has 0 aliphatic rings. The molecule has 0 amide bonds. The summed E-state index contributed by atoms with van der Waals surface area (Å²) in [5.74, 6) is 0.541. The summed E-state index contributed by atoms with van der Waals surface area (Å²) >= 11 is 0. The van der Waals surface area contributed by atoms with Crippen molar-refractivity contribution in [1.82, 2.24) is 0 Å². The van der Waals surface area contributed by atoms with Gasteiger partial charge in [-0.3, -0.25) is 0 Å². The van der Waals surface area contributed by atoms with Crippen LogP contribution in [0, 0.1) is 5.41 Å². The zero-order valence-electron chi connectivity index (χ0n) is 13.8. The Bertz CT molecular complexity index is 421. The molecule has 0 spiro atoms. The quantitative estimate of drug-likeness (QED) is 0.576. The zero-order valence-corrected chi connectivity index (χ0v) is 13.8. The molecule has 0 heterocycles. The molecule has 0 fully saturated rings. The van der Waals surface area contributed by atoms with E-state index in [4.69, 9.17) is 0 Å². The summed E-state index contributed by atoms with van der Waals surface area (Å²) in [7, 11) is 0. The summed E-state index contributed by atoms with van der Waals surface area (Å²) in [4.78, 5) is 0. The van der Waals surface area contributed by atoms with Gasteiger partial charge in [-0.15, -0.1) is 6.58 Å². The number of hydrogen-bond acceptors (Lipinski definition) is 0. The van der Waals surface area contributed by atoms with E-state index in [1.807, 2.05) is 0 Å². The fourth-order valence-corrected chi connectivity index (χ4v) is 2.49. The van der Waals surface area contributed by atoms with Crippen LogP contribution < -0.4 is 0 Å². The van der Waals surface area contributed by atoms with Crippen LogP contribution in [0.1, 0.15) is 71.9 Å². The van der Waals surface area contributed by atoms with E-state index in [-0.39, 0.29) is 10.8 Å². The van der Waals surface area contributed by atoms with Crippen LogP contribution in [0.3, 0.4) is 0 Å². The van der Waals surface area contributed by atoms with E-state index in [1.165, 1.54) is 16.7 Å². The number of allylic oxidation sites excluding steroid dienone is 1. The van der Waals surface area contributed by atoms with Crippen molar-refractivity contribution in [3.63, 3.8) is 0 Å². The van der Waals surface area contributed by atoms with E-state index >= 15 is 0 Å². The van der Waals surface area contributed by atoms with Crippen molar-refractivity contribution < 1.29 is 0 Å².